The van der Waals surface area contributed by atoms with Gasteiger partial charge in [0.2, 0.25) is 5.91 Å². The number of benzene rings is 1. The molecule has 1 atom stereocenters. The number of thioether (sulfide) groups is 1. The van der Waals surface area contributed by atoms with Crippen LogP contribution in [0, 0.1) is 0 Å². The van der Waals surface area contributed by atoms with Crippen LogP contribution >= 0.6 is 23.6 Å². The summed E-state index contributed by atoms with van der Waals surface area (Å²) in [5, 5.41) is 5.85. The fourth-order valence-corrected chi connectivity index (χ4v) is 3.34. The first-order valence-corrected chi connectivity index (χ1v) is 8.19. The minimum absolute atomic E-state index is 0.141. The Morgan fingerprint density at radius 1 is 1.50 bits per heavy atom. The summed E-state index contributed by atoms with van der Waals surface area (Å²) < 4.78 is 43.0. The van der Waals surface area contributed by atoms with Gasteiger partial charge < -0.3 is 9.61 Å². The Kier molecular flexibility index (Phi) is 5.87. The molecule has 1 aliphatic rings. The standard InChI is InChI=1S/C14H15ClF3N3O2S/c1-8(2)21-12(24-13(20-21)14(16,17)18)7-11(22)19-9-4-3-5-10(6-9)23-15/h3-6,8,12H,7H2,1-2H3,(H,19,22). The summed E-state index contributed by atoms with van der Waals surface area (Å²) in [6.45, 7) is 3.44. The van der Waals surface area contributed by atoms with Crippen LogP contribution in [0.3, 0.4) is 0 Å². The molecule has 0 aliphatic carbocycles. The third kappa shape index (κ3) is 4.70. The van der Waals surface area contributed by atoms with E-state index in [2.05, 4.69) is 14.7 Å². The number of amides is 1. The molecule has 0 aromatic heterocycles. The van der Waals surface area contributed by atoms with Crippen molar-refractivity contribution in [2.24, 2.45) is 5.10 Å². The number of anilines is 1. The molecule has 0 radical (unpaired) electrons. The Morgan fingerprint density at radius 2 is 2.21 bits per heavy atom. The summed E-state index contributed by atoms with van der Waals surface area (Å²) in [5.41, 5.74) is 0.439. The Hall–Kier alpha value is -1.61. The molecule has 1 unspecified atom stereocenters. The molecule has 0 bridgehead atoms. The van der Waals surface area contributed by atoms with E-state index in [1.54, 1.807) is 32.0 Å². The summed E-state index contributed by atoms with van der Waals surface area (Å²) in [6.07, 6.45) is -4.66. The lowest BCUT2D eigenvalue weighted by Gasteiger charge is -2.25. The zero-order valence-corrected chi connectivity index (χ0v) is 14.4. The van der Waals surface area contributed by atoms with Crippen molar-refractivity contribution in [2.45, 2.75) is 37.9 Å². The van der Waals surface area contributed by atoms with Crippen molar-refractivity contribution in [3.05, 3.63) is 24.3 Å². The average molecular weight is 382 g/mol. The molecular formula is C14H15ClF3N3O2S. The van der Waals surface area contributed by atoms with E-state index in [0.717, 1.165) is 0 Å². The molecule has 2 rings (SSSR count). The second kappa shape index (κ2) is 7.52. The number of carbonyl (C=O) groups excluding carboxylic acids is 1. The van der Waals surface area contributed by atoms with Crippen LogP contribution in [0.1, 0.15) is 20.3 Å². The fourth-order valence-electron chi connectivity index (χ4n) is 2.07. The van der Waals surface area contributed by atoms with Gasteiger partial charge in [0.05, 0.1) is 6.42 Å². The second-order valence-corrected chi connectivity index (χ2v) is 6.63. The smallest absolute Gasteiger partial charge is 0.386 e. The summed E-state index contributed by atoms with van der Waals surface area (Å²) in [7, 11) is 0. The monoisotopic (exact) mass is 381 g/mol. The summed E-state index contributed by atoms with van der Waals surface area (Å²) >= 11 is 5.79. The van der Waals surface area contributed by atoms with E-state index in [9.17, 15) is 18.0 Å². The number of hydrogen-bond acceptors (Lipinski definition) is 5. The summed E-state index contributed by atoms with van der Waals surface area (Å²) in [4.78, 5) is 12.1. The number of rotatable bonds is 5. The highest BCUT2D eigenvalue weighted by Crippen LogP contribution is 2.37. The largest absolute Gasteiger partial charge is 0.441 e. The second-order valence-electron chi connectivity index (χ2n) is 5.31. The topological polar surface area (TPSA) is 53.9 Å². The molecule has 1 aromatic carbocycles. The first-order valence-electron chi connectivity index (χ1n) is 7.00. The van der Waals surface area contributed by atoms with Gasteiger partial charge in [-0.25, -0.2) is 0 Å². The number of hydrazone groups is 1. The predicted molar refractivity (Wildman–Crippen MR) is 88.0 cm³/mol. The lowest BCUT2D eigenvalue weighted by molar-refractivity contribution is -0.116. The minimum Gasteiger partial charge on any atom is -0.386 e. The molecular weight excluding hydrogens is 367 g/mol. The van der Waals surface area contributed by atoms with Crippen molar-refractivity contribution in [2.75, 3.05) is 5.32 Å². The SMILES string of the molecule is CC(C)N1N=C(C(F)(F)F)SC1CC(=O)Nc1cccc(OCl)c1. The molecule has 1 aliphatic heterocycles. The van der Waals surface area contributed by atoms with Crippen molar-refractivity contribution in [3.8, 4) is 5.75 Å². The molecule has 1 N–H and O–H groups in total. The Balaban J connectivity index is 2.02. The van der Waals surface area contributed by atoms with Gasteiger partial charge in [-0.3, -0.25) is 9.80 Å². The van der Waals surface area contributed by atoms with Gasteiger partial charge in [-0.2, -0.15) is 18.3 Å². The zero-order chi connectivity index (χ0) is 17.9. The van der Waals surface area contributed by atoms with E-state index >= 15 is 0 Å². The van der Waals surface area contributed by atoms with Crippen molar-refractivity contribution >= 4 is 40.3 Å². The van der Waals surface area contributed by atoms with Crippen molar-refractivity contribution < 1.29 is 22.3 Å². The molecule has 0 fully saturated rings. The normalized spacial score (nSPS) is 17.9. The molecule has 10 heteroatoms. The number of halogens is 4. The van der Waals surface area contributed by atoms with E-state index in [-0.39, 0.29) is 12.5 Å². The van der Waals surface area contributed by atoms with Crippen LogP contribution in [0.15, 0.2) is 29.4 Å². The van der Waals surface area contributed by atoms with Crippen LogP contribution < -0.4 is 9.61 Å². The molecule has 5 nitrogen and oxygen atoms in total. The first kappa shape index (κ1) is 18.7. The van der Waals surface area contributed by atoms with Gasteiger partial charge in [0.15, 0.2) is 5.04 Å². The molecule has 0 spiro atoms. The van der Waals surface area contributed by atoms with Crippen LogP contribution in [-0.4, -0.2) is 33.6 Å². The molecule has 1 amide bonds. The number of nitrogens with one attached hydrogen (secondary N) is 1. The molecule has 0 saturated heterocycles. The molecule has 0 saturated carbocycles. The summed E-state index contributed by atoms with van der Waals surface area (Å²) in [6, 6.07) is 6.09. The van der Waals surface area contributed by atoms with Crippen molar-refractivity contribution in [3.63, 3.8) is 0 Å². The van der Waals surface area contributed by atoms with E-state index in [4.69, 9.17) is 11.9 Å². The highest BCUT2D eigenvalue weighted by molar-refractivity contribution is 8.14. The molecule has 1 aromatic rings. The maximum absolute atomic E-state index is 12.8. The van der Waals surface area contributed by atoms with Gasteiger partial charge in [0, 0.05) is 17.8 Å². The number of hydrogen-bond donors (Lipinski definition) is 1. The van der Waals surface area contributed by atoms with Crippen molar-refractivity contribution in [1.82, 2.24) is 5.01 Å². The van der Waals surface area contributed by atoms with Crippen molar-refractivity contribution in [1.29, 1.82) is 0 Å². The van der Waals surface area contributed by atoms with Gasteiger partial charge in [-0.05, 0) is 26.0 Å². The van der Waals surface area contributed by atoms with Crippen LogP contribution in [0.5, 0.6) is 5.75 Å². The van der Waals surface area contributed by atoms with Gasteiger partial charge in [-0.15, -0.1) is 0 Å². The predicted octanol–water partition coefficient (Wildman–Crippen LogP) is 4.21. The van der Waals surface area contributed by atoms with Gasteiger partial charge >= 0.3 is 6.18 Å². The third-order valence-corrected chi connectivity index (χ3v) is 4.46. The lowest BCUT2D eigenvalue weighted by Crippen LogP contribution is -2.33. The number of carbonyl (C=O) groups is 1. The maximum Gasteiger partial charge on any atom is 0.441 e. The van der Waals surface area contributed by atoms with Gasteiger partial charge in [0.1, 0.15) is 23.0 Å². The highest BCUT2D eigenvalue weighted by atomic mass is 35.5. The van der Waals surface area contributed by atoms with E-state index < -0.39 is 22.5 Å². The quantitative estimate of drug-likeness (QED) is 0.830. The van der Waals surface area contributed by atoms with E-state index in [1.165, 1.54) is 11.1 Å². The molecule has 1 heterocycles. The van der Waals surface area contributed by atoms with Crippen LogP contribution in [0.4, 0.5) is 18.9 Å². The average Bonchev–Trinajstić information content (AvgIpc) is 2.91. The third-order valence-electron chi connectivity index (χ3n) is 3.09. The Morgan fingerprint density at radius 3 is 2.79 bits per heavy atom. The zero-order valence-electron chi connectivity index (χ0n) is 12.8. The van der Waals surface area contributed by atoms with Gasteiger partial charge in [0.25, 0.3) is 0 Å². The highest BCUT2D eigenvalue weighted by Gasteiger charge is 2.44. The first-order chi connectivity index (χ1) is 11.2. The minimum atomic E-state index is -4.52. The number of nitrogens with zero attached hydrogens (tertiary/aromatic N) is 2. The molecule has 132 valence electrons. The lowest BCUT2D eigenvalue weighted by atomic mass is 10.2. The van der Waals surface area contributed by atoms with Crippen LogP contribution in [0.25, 0.3) is 0 Å². The number of alkyl halides is 3. The van der Waals surface area contributed by atoms with Gasteiger partial charge in [-0.1, -0.05) is 17.8 Å². The van der Waals surface area contributed by atoms with Crippen LogP contribution in [0.2, 0.25) is 0 Å². The summed E-state index contributed by atoms with van der Waals surface area (Å²) in [5.74, 6) is -0.0836. The Labute approximate surface area is 146 Å². The van der Waals surface area contributed by atoms with E-state index in [0.29, 0.717) is 23.2 Å². The van der Waals surface area contributed by atoms with E-state index in [1.807, 2.05) is 0 Å². The maximum atomic E-state index is 12.8. The fraction of sp³-hybridized carbons (Fsp3) is 0.429. The Bertz CT molecular complexity index is 640. The molecule has 24 heavy (non-hydrogen) atoms. The van der Waals surface area contributed by atoms with Crippen LogP contribution in [-0.2, 0) is 4.79 Å².